The molecular weight excluding hydrogens is 529 g/mol. The molecule has 0 saturated heterocycles. The zero-order chi connectivity index (χ0) is 28.4. The van der Waals surface area contributed by atoms with E-state index in [0.717, 1.165) is 29.7 Å². The standard InChI is InChI=1S/C29H22F5N5O/c30-22-8-3-9-23(31)26(22)27(36-16-17-10-11-17)19-5-2-6-20(13-19)37-28(40)24-14-25(29(32,33)34)38-39(24)21-7-1-4-18(12-21)15-35/h1-9,12-14,17,27,36H,10-11,16H2,(H,37,40). The molecule has 1 atom stereocenters. The Morgan fingerprint density at radius 1 is 1.02 bits per heavy atom. The summed E-state index contributed by atoms with van der Waals surface area (Å²) in [5.74, 6) is -1.96. The number of carbonyl (C=O) groups excluding carboxylic acids is 1. The minimum absolute atomic E-state index is 0.0906. The van der Waals surface area contributed by atoms with Crippen LogP contribution in [0.3, 0.4) is 0 Å². The number of halogens is 5. The van der Waals surface area contributed by atoms with Crippen LogP contribution in [0.25, 0.3) is 5.69 Å². The molecule has 0 radical (unpaired) electrons. The maximum atomic E-state index is 14.7. The highest BCUT2D eigenvalue weighted by molar-refractivity contribution is 6.03. The van der Waals surface area contributed by atoms with Gasteiger partial charge in [-0.1, -0.05) is 24.3 Å². The zero-order valence-corrected chi connectivity index (χ0v) is 20.8. The number of rotatable bonds is 8. The third-order valence-corrected chi connectivity index (χ3v) is 6.53. The van der Waals surface area contributed by atoms with Crippen LogP contribution in [0.4, 0.5) is 27.6 Å². The first-order valence-electron chi connectivity index (χ1n) is 12.4. The van der Waals surface area contributed by atoms with Crippen molar-refractivity contribution in [1.29, 1.82) is 5.26 Å². The van der Waals surface area contributed by atoms with Crippen molar-refractivity contribution in [3.05, 3.63) is 113 Å². The number of benzene rings is 3. The Hall–Kier alpha value is -4.56. The first-order valence-corrected chi connectivity index (χ1v) is 12.4. The van der Waals surface area contributed by atoms with Crippen LogP contribution in [-0.4, -0.2) is 22.2 Å². The van der Waals surface area contributed by atoms with Gasteiger partial charge in [-0.05, 0) is 73.3 Å². The number of hydrogen-bond acceptors (Lipinski definition) is 4. The van der Waals surface area contributed by atoms with Crippen molar-refractivity contribution in [3.8, 4) is 11.8 Å². The molecule has 0 spiro atoms. The number of aromatic nitrogens is 2. The lowest BCUT2D eigenvalue weighted by molar-refractivity contribution is -0.141. The fourth-order valence-electron chi connectivity index (χ4n) is 4.36. The zero-order valence-electron chi connectivity index (χ0n) is 20.8. The largest absolute Gasteiger partial charge is 0.435 e. The van der Waals surface area contributed by atoms with Crippen LogP contribution in [0.5, 0.6) is 0 Å². The molecule has 3 aromatic carbocycles. The Kier molecular flexibility index (Phi) is 7.36. The quantitative estimate of drug-likeness (QED) is 0.249. The number of nitrogens with zero attached hydrogens (tertiary/aromatic N) is 3. The van der Waals surface area contributed by atoms with Crippen LogP contribution in [0, 0.1) is 28.9 Å². The lowest BCUT2D eigenvalue weighted by Gasteiger charge is -2.22. The van der Waals surface area contributed by atoms with E-state index < -0.39 is 41.1 Å². The summed E-state index contributed by atoms with van der Waals surface area (Å²) in [6, 6.07) is 17.1. The van der Waals surface area contributed by atoms with E-state index in [0.29, 0.717) is 24.1 Å². The van der Waals surface area contributed by atoms with E-state index in [2.05, 4.69) is 15.7 Å². The van der Waals surface area contributed by atoms with E-state index in [9.17, 15) is 32.0 Å². The Morgan fingerprint density at radius 3 is 2.40 bits per heavy atom. The molecule has 1 aliphatic rings. The van der Waals surface area contributed by atoms with Crippen LogP contribution in [-0.2, 0) is 6.18 Å². The van der Waals surface area contributed by atoms with Gasteiger partial charge in [0, 0.05) is 17.3 Å². The topological polar surface area (TPSA) is 82.7 Å². The van der Waals surface area contributed by atoms with Gasteiger partial charge in [0.1, 0.15) is 17.3 Å². The summed E-state index contributed by atoms with van der Waals surface area (Å²) in [6.07, 6.45) is -2.79. The summed E-state index contributed by atoms with van der Waals surface area (Å²) >= 11 is 0. The molecule has 1 amide bonds. The SMILES string of the molecule is N#Cc1cccc(-n2nc(C(F)(F)F)cc2C(=O)Nc2cccc(C(NCC3CC3)c3c(F)cccc3F)c2)c1. The van der Waals surface area contributed by atoms with Crippen LogP contribution in [0.2, 0.25) is 0 Å². The summed E-state index contributed by atoms with van der Waals surface area (Å²) in [5, 5.41) is 18.5. The molecule has 4 aromatic rings. The first kappa shape index (κ1) is 27.0. The van der Waals surface area contributed by atoms with Crippen molar-refractivity contribution in [3.63, 3.8) is 0 Å². The van der Waals surface area contributed by atoms with E-state index in [4.69, 9.17) is 0 Å². The molecule has 204 valence electrons. The van der Waals surface area contributed by atoms with E-state index >= 15 is 0 Å². The summed E-state index contributed by atoms with van der Waals surface area (Å²) in [6.45, 7) is 0.538. The van der Waals surface area contributed by atoms with E-state index in [1.807, 2.05) is 6.07 Å². The second-order valence-electron chi connectivity index (χ2n) is 9.49. The van der Waals surface area contributed by atoms with E-state index in [1.54, 1.807) is 12.1 Å². The average molecular weight is 552 g/mol. The normalized spacial score (nSPS) is 14.0. The van der Waals surface area contributed by atoms with Gasteiger partial charge in [0.25, 0.3) is 5.91 Å². The molecule has 11 heteroatoms. The smallest absolute Gasteiger partial charge is 0.321 e. The van der Waals surface area contributed by atoms with Crippen LogP contribution in [0.15, 0.2) is 72.8 Å². The average Bonchev–Trinajstić information content (AvgIpc) is 3.63. The fraction of sp³-hybridized carbons (Fsp3) is 0.207. The van der Waals surface area contributed by atoms with Gasteiger partial charge in [-0.3, -0.25) is 4.79 Å². The highest BCUT2D eigenvalue weighted by atomic mass is 19.4. The maximum absolute atomic E-state index is 14.7. The van der Waals surface area contributed by atoms with Gasteiger partial charge in [-0.25, -0.2) is 13.5 Å². The molecule has 40 heavy (non-hydrogen) atoms. The molecule has 0 aliphatic heterocycles. The van der Waals surface area contributed by atoms with Crippen molar-refractivity contribution < 1.29 is 26.7 Å². The molecule has 1 saturated carbocycles. The van der Waals surface area contributed by atoms with Crippen molar-refractivity contribution in [2.45, 2.75) is 25.1 Å². The minimum atomic E-state index is -4.82. The fourth-order valence-corrected chi connectivity index (χ4v) is 4.36. The van der Waals surface area contributed by atoms with Crippen molar-refractivity contribution in [2.24, 2.45) is 5.92 Å². The number of alkyl halides is 3. The predicted octanol–water partition coefficient (Wildman–Crippen LogP) is 6.38. The number of nitrogens with one attached hydrogen (secondary N) is 2. The third kappa shape index (κ3) is 5.87. The Labute approximate surface area is 226 Å². The molecule has 1 unspecified atom stereocenters. The number of carbonyl (C=O) groups is 1. The number of hydrogen-bond donors (Lipinski definition) is 2. The molecular formula is C29H22F5N5O. The third-order valence-electron chi connectivity index (χ3n) is 6.53. The van der Waals surface area contributed by atoms with Gasteiger partial charge in [0.2, 0.25) is 0 Å². The minimum Gasteiger partial charge on any atom is -0.321 e. The highest BCUT2D eigenvalue weighted by Crippen LogP contribution is 2.33. The molecule has 2 N–H and O–H groups in total. The van der Waals surface area contributed by atoms with Crippen molar-refractivity contribution in [1.82, 2.24) is 15.1 Å². The summed E-state index contributed by atoms with van der Waals surface area (Å²) < 4.78 is 70.8. The number of anilines is 1. The second kappa shape index (κ2) is 10.9. The molecule has 1 heterocycles. The summed E-state index contributed by atoms with van der Waals surface area (Å²) in [5.41, 5.74) is -0.960. The van der Waals surface area contributed by atoms with Gasteiger partial charge >= 0.3 is 6.18 Å². The van der Waals surface area contributed by atoms with Crippen LogP contribution < -0.4 is 10.6 Å². The van der Waals surface area contributed by atoms with Crippen molar-refractivity contribution in [2.75, 3.05) is 11.9 Å². The molecule has 1 fully saturated rings. The first-order chi connectivity index (χ1) is 19.1. The van der Waals surface area contributed by atoms with Gasteiger partial charge in [0.15, 0.2) is 5.69 Å². The molecule has 6 nitrogen and oxygen atoms in total. The van der Waals surface area contributed by atoms with Crippen LogP contribution in [0.1, 0.15) is 51.8 Å². The van der Waals surface area contributed by atoms with Gasteiger partial charge in [-0.15, -0.1) is 0 Å². The summed E-state index contributed by atoms with van der Waals surface area (Å²) in [4.78, 5) is 13.2. The van der Waals surface area contributed by atoms with Gasteiger partial charge in [0.05, 0.1) is 23.4 Å². The Morgan fingerprint density at radius 2 is 1.73 bits per heavy atom. The molecule has 0 bridgehead atoms. The van der Waals surface area contributed by atoms with Crippen LogP contribution >= 0.6 is 0 Å². The Balaban J connectivity index is 1.48. The maximum Gasteiger partial charge on any atom is 0.435 e. The van der Waals surface area contributed by atoms with Gasteiger partial charge in [-0.2, -0.15) is 23.5 Å². The monoisotopic (exact) mass is 551 g/mol. The summed E-state index contributed by atoms with van der Waals surface area (Å²) in [7, 11) is 0. The lowest BCUT2D eigenvalue weighted by atomic mass is 9.96. The molecule has 1 aromatic heterocycles. The predicted molar refractivity (Wildman–Crippen MR) is 137 cm³/mol. The van der Waals surface area contributed by atoms with Crippen molar-refractivity contribution >= 4 is 11.6 Å². The molecule has 1 aliphatic carbocycles. The number of amides is 1. The highest BCUT2D eigenvalue weighted by Gasteiger charge is 2.36. The second-order valence-corrected chi connectivity index (χ2v) is 9.49. The van der Waals surface area contributed by atoms with Gasteiger partial charge < -0.3 is 10.6 Å². The van der Waals surface area contributed by atoms with E-state index in [-0.39, 0.29) is 22.5 Å². The van der Waals surface area contributed by atoms with E-state index in [1.165, 1.54) is 42.5 Å². The number of nitriles is 1. The lowest BCUT2D eigenvalue weighted by Crippen LogP contribution is -2.26. The molecule has 5 rings (SSSR count). The Bertz CT molecular complexity index is 1580.